The summed E-state index contributed by atoms with van der Waals surface area (Å²) in [6.07, 6.45) is 4.42. The molecule has 2 heteroatoms. The molecular weight excluding hydrogens is 296 g/mol. The van der Waals surface area contributed by atoms with Gasteiger partial charge in [0, 0.05) is 6.61 Å². The van der Waals surface area contributed by atoms with Gasteiger partial charge in [-0.2, -0.15) is 0 Å². The molecular formula is C22H24O2. The second-order valence-electron chi connectivity index (χ2n) is 6.31. The van der Waals surface area contributed by atoms with Crippen LogP contribution in [0.2, 0.25) is 0 Å². The van der Waals surface area contributed by atoms with E-state index in [-0.39, 0.29) is 17.8 Å². The zero-order valence-electron chi connectivity index (χ0n) is 14.2. The van der Waals surface area contributed by atoms with Crippen LogP contribution in [0.4, 0.5) is 0 Å². The molecule has 2 aromatic rings. The van der Waals surface area contributed by atoms with Crippen molar-refractivity contribution in [3.8, 4) is 0 Å². The van der Waals surface area contributed by atoms with Crippen LogP contribution in [0.25, 0.3) is 6.08 Å². The van der Waals surface area contributed by atoms with E-state index in [2.05, 4.69) is 24.3 Å². The largest absolute Gasteiger partial charge is 0.370 e. The van der Waals surface area contributed by atoms with Crippen molar-refractivity contribution in [1.29, 1.82) is 0 Å². The fourth-order valence-electron chi connectivity index (χ4n) is 3.42. The van der Waals surface area contributed by atoms with Gasteiger partial charge >= 0.3 is 0 Å². The van der Waals surface area contributed by atoms with Gasteiger partial charge in [0.2, 0.25) is 0 Å². The van der Waals surface area contributed by atoms with Crippen LogP contribution >= 0.6 is 0 Å². The lowest BCUT2D eigenvalue weighted by atomic mass is 9.78. The molecule has 0 heterocycles. The summed E-state index contributed by atoms with van der Waals surface area (Å²) in [5.41, 5.74) is 3.25. The minimum Gasteiger partial charge on any atom is -0.370 e. The van der Waals surface area contributed by atoms with Crippen LogP contribution in [-0.2, 0) is 16.0 Å². The monoisotopic (exact) mass is 320 g/mol. The predicted octanol–water partition coefficient (Wildman–Crippen LogP) is 4.70. The number of ether oxygens (including phenoxy) is 1. The third-order valence-electron chi connectivity index (χ3n) is 4.61. The maximum atomic E-state index is 12.9. The summed E-state index contributed by atoms with van der Waals surface area (Å²) in [6, 6.07) is 20.4. The summed E-state index contributed by atoms with van der Waals surface area (Å²) < 4.78 is 5.86. The zero-order valence-corrected chi connectivity index (χ0v) is 14.2. The summed E-state index contributed by atoms with van der Waals surface area (Å²) in [6.45, 7) is 2.53. The number of benzene rings is 2. The lowest BCUT2D eigenvalue weighted by molar-refractivity contribution is -0.132. The molecule has 124 valence electrons. The minimum absolute atomic E-state index is 0.160. The Kier molecular flexibility index (Phi) is 5.60. The molecule has 0 spiro atoms. The molecule has 0 saturated heterocycles. The molecule has 3 rings (SSSR count). The lowest BCUT2D eigenvalue weighted by Crippen LogP contribution is -2.38. The fraction of sp³-hybridized carbons (Fsp3) is 0.318. The molecule has 1 saturated carbocycles. The Morgan fingerprint density at radius 2 is 1.71 bits per heavy atom. The highest BCUT2D eigenvalue weighted by molar-refractivity contribution is 6.03. The van der Waals surface area contributed by atoms with E-state index in [1.54, 1.807) is 0 Å². The Morgan fingerprint density at radius 1 is 1.04 bits per heavy atom. The van der Waals surface area contributed by atoms with E-state index in [0.717, 1.165) is 30.4 Å². The Labute approximate surface area is 144 Å². The predicted molar refractivity (Wildman–Crippen MR) is 97.7 cm³/mol. The zero-order chi connectivity index (χ0) is 16.8. The van der Waals surface area contributed by atoms with Crippen LogP contribution in [0.1, 0.15) is 30.9 Å². The first-order valence-corrected chi connectivity index (χ1v) is 8.73. The molecule has 1 fully saturated rings. The normalized spacial score (nSPS) is 22.7. The Hall–Kier alpha value is -2.19. The van der Waals surface area contributed by atoms with Gasteiger partial charge in [-0.1, -0.05) is 60.7 Å². The molecule has 0 aliphatic heterocycles. The smallest absolute Gasteiger partial charge is 0.187 e. The van der Waals surface area contributed by atoms with Gasteiger partial charge in [0.05, 0.1) is 0 Å². The van der Waals surface area contributed by atoms with Gasteiger partial charge < -0.3 is 4.74 Å². The Bertz CT molecular complexity index is 688. The van der Waals surface area contributed by atoms with Gasteiger partial charge in [-0.3, -0.25) is 4.79 Å². The first-order chi connectivity index (χ1) is 11.8. The van der Waals surface area contributed by atoms with Gasteiger partial charge in [-0.05, 0) is 54.9 Å². The molecule has 2 atom stereocenters. The minimum atomic E-state index is -0.320. The quantitative estimate of drug-likeness (QED) is 0.747. The molecule has 0 N–H and O–H groups in total. The summed E-state index contributed by atoms with van der Waals surface area (Å²) in [4.78, 5) is 12.9. The summed E-state index contributed by atoms with van der Waals surface area (Å²) in [5.74, 6) is 0.417. The molecule has 2 aromatic carbocycles. The van der Waals surface area contributed by atoms with Gasteiger partial charge in [-0.15, -0.1) is 0 Å². The summed E-state index contributed by atoms with van der Waals surface area (Å²) >= 11 is 0. The number of rotatable bonds is 5. The van der Waals surface area contributed by atoms with Crippen LogP contribution < -0.4 is 0 Å². The van der Waals surface area contributed by atoms with E-state index in [4.69, 9.17) is 4.74 Å². The second-order valence-corrected chi connectivity index (χ2v) is 6.31. The van der Waals surface area contributed by atoms with E-state index in [0.29, 0.717) is 6.61 Å². The number of Topliss-reactive ketones (excluding diaryl/α,β-unsaturated/α-hetero) is 1. The van der Waals surface area contributed by atoms with E-state index >= 15 is 0 Å². The molecule has 1 aliphatic carbocycles. The van der Waals surface area contributed by atoms with Gasteiger partial charge in [-0.25, -0.2) is 0 Å². The maximum absolute atomic E-state index is 12.9. The van der Waals surface area contributed by atoms with Crippen LogP contribution in [-0.4, -0.2) is 18.5 Å². The van der Waals surface area contributed by atoms with Crippen LogP contribution in [0, 0.1) is 5.92 Å². The molecule has 0 bridgehead atoms. The van der Waals surface area contributed by atoms with Crippen molar-refractivity contribution in [3.05, 3.63) is 77.4 Å². The molecule has 1 aliphatic rings. The van der Waals surface area contributed by atoms with E-state index < -0.39 is 0 Å². The Balaban J connectivity index is 1.78. The average Bonchev–Trinajstić information content (AvgIpc) is 2.62. The lowest BCUT2D eigenvalue weighted by Gasteiger charge is -2.31. The molecule has 2 unspecified atom stereocenters. The number of ketones is 1. The first kappa shape index (κ1) is 16.7. The standard InChI is InChI=1S/C22H24O2/c1-2-24-22-20(16-18-11-7-4-8-12-18)14-13-19(21(22)23)15-17-9-5-3-6-10-17/h3-12,15,20,22H,2,13-14,16H2,1H3/b19-15-. The molecule has 0 aromatic heterocycles. The number of carbonyl (C=O) groups is 1. The third kappa shape index (κ3) is 4.01. The molecule has 0 amide bonds. The number of carbonyl (C=O) groups excluding carboxylic acids is 1. The third-order valence-corrected chi connectivity index (χ3v) is 4.61. The molecule has 0 radical (unpaired) electrons. The summed E-state index contributed by atoms with van der Waals surface area (Å²) in [7, 11) is 0. The topological polar surface area (TPSA) is 26.3 Å². The van der Waals surface area contributed by atoms with Crippen molar-refractivity contribution in [2.24, 2.45) is 5.92 Å². The fourth-order valence-corrected chi connectivity index (χ4v) is 3.42. The van der Waals surface area contributed by atoms with Crippen molar-refractivity contribution >= 4 is 11.9 Å². The highest BCUT2D eigenvalue weighted by Gasteiger charge is 2.35. The molecule has 24 heavy (non-hydrogen) atoms. The van der Waals surface area contributed by atoms with Crippen molar-refractivity contribution in [2.75, 3.05) is 6.61 Å². The Morgan fingerprint density at radius 3 is 2.38 bits per heavy atom. The first-order valence-electron chi connectivity index (χ1n) is 8.73. The highest BCUT2D eigenvalue weighted by Crippen LogP contribution is 2.31. The second kappa shape index (κ2) is 8.07. The maximum Gasteiger partial charge on any atom is 0.187 e. The van der Waals surface area contributed by atoms with Gasteiger partial charge in [0.25, 0.3) is 0 Å². The molecule has 2 nitrogen and oxygen atoms in total. The van der Waals surface area contributed by atoms with E-state index in [1.165, 1.54) is 5.56 Å². The van der Waals surface area contributed by atoms with Crippen LogP contribution in [0.15, 0.2) is 66.2 Å². The number of hydrogen-bond donors (Lipinski definition) is 0. The summed E-state index contributed by atoms with van der Waals surface area (Å²) in [5, 5.41) is 0. The highest BCUT2D eigenvalue weighted by atomic mass is 16.5. The van der Waals surface area contributed by atoms with Crippen LogP contribution in [0.3, 0.4) is 0 Å². The number of hydrogen-bond acceptors (Lipinski definition) is 2. The van der Waals surface area contributed by atoms with Gasteiger partial charge in [0.1, 0.15) is 6.10 Å². The van der Waals surface area contributed by atoms with Crippen LogP contribution in [0.5, 0.6) is 0 Å². The average molecular weight is 320 g/mol. The van der Waals surface area contributed by atoms with Crippen molar-refractivity contribution in [3.63, 3.8) is 0 Å². The van der Waals surface area contributed by atoms with Crippen molar-refractivity contribution in [2.45, 2.75) is 32.3 Å². The van der Waals surface area contributed by atoms with E-state index in [9.17, 15) is 4.79 Å². The van der Waals surface area contributed by atoms with E-state index in [1.807, 2.05) is 49.4 Å². The van der Waals surface area contributed by atoms with Gasteiger partial charge in [0.15, 0.2) is 5.78 Å². The van der Waals surface area contributed by atoms with Crippen molar-refractivity contribution in [1.82, 2.24) is 0 Å². The van der Waals surface area contributed by atoms with Crippen molar-refractivity contribution < 1.29 is 9.53 Å². The SMILES string of the molecule is CCOC1C(=O)/C(=C\c2ccccc2)CCC1Cc1ccccc1.